The zero-order chi connectivity index (χ0) is 11.4. The van der Waals surface area contributed by atoms with Gasteiger partial charge in [-0.2, -0.15) is 0 Å². The van der Waals surface area contributed by atoms with Crippen LogP contribution >= 0.6 is 24.8 Å². The quantitative estimate of drug-likeness (QED) is 0.899. The highest BCUT2D eigenvalue weighted by molar-refractivity contribution is 5.91. The second-order valence-electron chi connectivity index (χ2n) is 4.24. The summed E-state index contributed by atoms with van der Waals surface area (Å²) in [5, 5.41) is 6.23. The van der Waals surface area contributed by atoms with E-state index in [1.165, 1.54) is 6.42 Å². The van der Waals surface area contributed by atoms with Crippen LogP contribution in [0.5, 0.6) is 0 Å². The highest BCUT2D eigenvalue weighted by Gasteiger charge is 2.17. The van der Waals surface area contributed by atoms with Crippen molar-refractivity contribution in [2.75, 3.05) is 11.9 Å². The van der Waals surface area contributed by atoms with Crippen LogP contribution in [0, 0.1) is 6.92 Å². The van der Waals surface area contributed by atoms with Crippen molar-refractivity contribution in [1.29, 1.82) is 0 Å². The standard InChI is InChI=1S/C12H17N3O.2ClH/c1-9-8-13-6-4-11(9)15-12(16)7-10-3-2-5-14-10;;/h4,6,8,10,14H,2-3,5,7H2,1H3,(H,13,15,16);2*1H. The number of carbonyl (C=O) groups is 1. The van der Waals surface area contributed by atoms with E-state index in [4.69, 9.17) is 0 Å². The lowest BCUT2D eigenvalue weighted by Crippen LogP contribution is -2.27. The fourth-order valence-corrected chi connectivity index (χ4v) is 1.97. The Balaban J connectivity index is 0.00000144. The van der Waals surface area contributed by atoms with Crippen LogP contribution < -0.4 is 10.6 Å². The molecule has 0 bridgehead atoms. The molecule has 102 valence electrons. The maximum atomic E-state index is 11.7. The Bertz CT molecular complexity index is 381. The number of aromatic nitrogens is 1. The number of hydrogen-bond acceptors (Lipinski definition) is 3. The Morgan fingerprint density at radius 1 is 1.56 bits per heavy atom. The topological polar surface area (TPSA) is 54.0 Å². The predicted molar refractivity (Wildman–Crippen MR) is 77.7 cm³/mol. The summed E-state index contributed by atoms with van der Waals surface area (Å²) in [6.07, 6.45) is 6.27. The van der Waals surface area contributed by atoms with E-state index in [9.17, 15) is 4.79 Å². The summed E-state index contributed by atoms with van der Waals surface area (Å²) in [5.41, 5.74) is 1.85. The van der Waals surface area contributed by atoms with Gasteiger partial charge in [0, 0.05) is 30.5 Å². The molecule has 0 radical (unpaired) electrons. The van der Waals surface area contributed by atoms with Gasteiger partial charge < -0.3 is 10.6 Å². The van der Waals surface area contributed by atoms with Gasteiger partial charge in [0.15, 0.2) is 0 Å². The molecular formula is C12H19Cl2N3O. The van der Waals surface area contributed by atoms with Gasteiger partial charge in [-0.3, -0.25) is 9.78 Å². The summed E-state index contributed by atoms with van der Waals surface area (Å²) in [6.45, 7) is 2.97. The van der Waals surface area contributed by atoms with Crippen LogP contribution in [0.3, 0.4) is 0 Å². The molecule has 2 rings (SSSR count). The average molecular weight is 292 g/mol. The minimum atomic E-state index is 0. The summed E-state index contributed by atoms with van der Waals surface area (Å²) in [4.78, 5) is 15.7. The maximum Gasteiger partial charge on any atom is 0.225 e. The largest absolute Gasteiger partial charge is 0.326 e. The monoisotopic (exact) mass is 291 g/mol. The molecule has 6 heteroatoms. The first-order chi connectivity index (χ1) is 7.75. The Labute approximate surface area is 120 Å². The van der Waals surface area contributed by atoms with Crippen LogP contribution in [-0.4, -0.2) is 23.5 Å². The molecule has 2 heterocycles. The van der Waals surface area contributed by atoms with Gasteiger partial charge in [-0.05, 0) is 37.9 Å². The molecule has 1 aromatic heterocycles. The summed E-state index contributed by atoms with van der Waals surface area (Å²) in [6, 6.07) is 2.18. The molecule has 1 atom stereocenters. The van der Waals surface area contributed by atoms with E-state index in [2.05, 4.69) is 15.6 Å². The minimum absolute atomic E-state index is 0. The van der Waals surface area contributed by atoms with Crippen molar-refractivity contribution < 1.29 is 4.79 Å². The first-order valence-corrected chi connectivity index (χ1v) is 5.69. The first kappa shape index (κ1) is 17.2. The third-order valence-electron chi connectivity index (χ3n) is 2.89. The Kier molecular flexibility index (Phi) is 7.91. The van der Waals surface area contributed by atoms with E-state index >= 15 is 0 Å². The number of rotatable bonds is 3. The fourth-order valence-electron chi connectivity index (χ4n) is 1.97. The lowest BCUT2D eigenvalue weighted by molar-refractivity contribution is -0.116. The molecule has 1 saturated heterocycles. The number of amides is 1. The summed E-state index contributed by atoms with van der Waals surface area (Å²) in [7, 11) is 0. The number of anilines is 1. The molecule has 0 aliphatic carbocycles. The number of nitrogens with one attached hydrogen (secondary N) is 2. The second-order valence-corrected chi connectivity index (χ2v) is 4.24. The zero-order valence-electron chi connectivity index (χ0n) is 10.3. The van der Waals surface area contributed by atoms with Crippen molar-refractivity contribution in [2.45, 2.75) is 32.2 Å². The Hall–Kier alpha value is -0.840. The number of pyridine rings is 1. The molecule has 1 amide bonds. The summed E-state index contributed by atoms with van der Waals surface area (Å²) >= 11 is 0. The van der Waals surface area contributed by atoms with Gasteiger partial charge in [-0.1, -0.05) is 0 Å². The predicted octanol–water partition coefficient (Wildman–Crippen LogP) is 2.31. The Morgan fingerprint density at radius 2 is 2.33 bits per heavy atom. The highest BCUT2D eigenvalue weighted by atomic mass is 35.5. The van der Waals surface area contributed by atoms with Crippen LogP contribution in [0.2, 0.25) is 0 Å². The van der Waals surface area contributed by atoms with Gasteiger partial charge in [0.05, 0.1) is 0 Å². The van der Waals surface area contributed by atoms with Crippen molar-refractivity contribution in [2.24, 2.45) is 0 Å². The van der Waals surface area contributed by atoms with Gasteiger partial charge in [-0.25, -0.2) is 0 Å². The smallest absolute Gasteiger partial charge is 0.225 e. The number of nitrogens with zero attached hydrogens (tertiary/aromatic N) is 1. The number of hydrogen-bond donors (Lipinski definition) is 2. The summed E-state index contributed by atoms with van der Waals surface area (Å²) < 4.78 is 0. The molecule has 1 aliphatic heterocycles. The van der Waals surface area contributed by atoms with Crippen molar-refractivity contribution in [3.63, 3.8) is 0 Å². The van der Waals surface area contributed by atoms with Gasteiger partial charge in [0.25, 0.3) is 0 Å². The lowest BCUT2D eigenvalue weighted by atomic mass is 10.1. The molecular weight excluding hydrogens is 273 g/mol. The molecule has 2 N–H and O–H groups in total. The fraction of sp³-hybridized carbons (Fsp3) is 0.500. The number of carbonyl (C=O) groups excluding carboxylic acids is 1. The molecule has 0 spiro atoms. The van der Waals surface area contributed by atoms with E-state index in [-0.39, 0.29) is 30.7 Å². The first-order valence-electron chi connectivity index (χ1n) is 5.69. The average Bonchev–Trinajstić information content (AvgIpc) is 2.74. The van der Waals surface area contributed by atoms with Gasteiger partial charge in [0.2, 0.25) is 5.91 Å². The zero-order valence-corrected chi connectivity index (χ0v) is 11.9. The van der Waals surface area contributed by atoms with Crippen molar-refractivity contribution in [1.82, 2.24) is 10.3 Å². The van der Waals surface area contributed by atoms with E-state index < -0.39 is 0 Å². The van der Waals surface area contributed by atoms with Crippen LogP contribution in [0.15, 0.2) is 18.5 Å². The molecule has 18 heavy (non-hydrogen) atoms. The van der Waals surface area contributed by atoms with Crippen LogP contribution in [-0.2, 0) is 4.79 Å². The third kappa shape index (κ3) is 4.80. The number of aryl methyl sites for hydroxylation is 1. The van der Waals surface area contributed by atoms with Crippen molar-refractivity contribution in [3.8, 4) is 0 Å². The van der Waals surface area contributed by atoms with Gasteiger partial charge in [0.1, 0.15) is 0 Å². The molecule has 1 aromatic rings. The summed E-state index contributed by atoms with van der Waals surface area (Å²) in [5.74, 6) is 0.0775. The maximum absolute atomic E-state index is 11.7. The Morgan fingerprint density at radius 3 is 2.94 bits per heavy atom. The molecule has 1 fully saturated rings. The molecule has 1 aliphatic rings. The van der Waals surface area contributed by atoms with E-state index in [0.717, 1.165) is 24.2 Å². The minimum Gasteiger partial charge on any atom is -0.326 e. The SMILES string of the molecule is Cc1cnccc1NC(=O)CC1CCCN1.Cl.Cl. The normalized spacial score (nSPS) is 17.5. The molecule has 0 saturated carbocycles. The third-order valence-corrected chi connectivity index (χ3v) is 2.89. The van der Waals surface area contributed by atoms with Crippen LogP contribution in [0.4, 0.5) is 5.69 Å². The van der Waals surface area contributed by atoms with E-state index in [1.54, 1.807) is 12.4 Å². The van der Waals surface area contributed by atoms with E-state index in [0.29, 0.717) is 12.5 Å². The van der Waals surface area contributed by atoms with Gasteiger partial charge >= 0.3 is 0 Å². The second kappa shape index (κ2) is 8.29. The molecule has 1 unspecified atom stereocenters. The molecule has 0 aromatic carbocycles. The van der Waals surface area contributed by atoms with Crippen LogP contribution in [0.1, 0.15) is 24.8 Å². The van der Waals surface area contributed by atoms with Gasteiger partial charge in [-0.15, -0.1) is 24.8 Å². The lowest BCUT2D eigenvalue weighted by Gasteiger charge is -2.11. The molecule has 4 nitrogen and oxygen atoms in total. The van der Waals surface area contributed by atoms with Crippen LogP contribution in [0.25, 0.3) is 0 Å². The number of halogens is 2. The van der Waals surface area contributed by atoms with E-state index in [1.807, 2.05) is 13.0 Å². The highest BCUT2D eigenvalue weighted by Crippen LogP contribution is 2.14. The van der Waals surface area contributed by atoms with Crippen molar-refractivity contribution in [3.05, 3.63) is 24.0 Å². The van der Waals surface area contributed by atoms with Crippen molar-refractivity contribution >= 4 is 36.4 Å².